The Morgan fingerprint density at radius 2 is 1.81 bits per heavy atom. The first kappa shape index (κ1) is 23.8. The van der Waals surface area contributed by atoms with E-state index in [-0.39, 0.29) is 12.0 Å². The number of hydrogen-bond donors (Lipinski definition) is 0. The molecule has 0 saturated carbocycles. The zero-order valence-electron chi connectivity index (χ0n) is 20.8. The molecule has 1 aliphatic rings. The average molecular weight is 482 g/mol. The minimum Gasteiger partial charge on any atom is -0.439 e. The predicted molar refractivity (Wildman–Crippen MR) is 140 cm³/mol. The molecule has 5 rings (SSSR count). The Balaban J connectivity index is 1.56. The van der Waals surface area contributed by atoms with E-state index in [4.69, 9.17) is 14.6 Å². The lowest BCUT2D eigenvalue weighted by molar-refractivity contribution is 0.0506. The molecule has 0 N–H and O–H groups in total. The van der Waals surface area contributed by atoms with E-state index in [0.29, 0.717) is 24.5 Å². The van der Waals surface area contributed by atoms with Gasteiger partial charge < -0.3 is 14.4 Å². The van der Waals surface area contributed by atoms with Gasteiger partial charge in [0.05, 0.1) is 18.2 Å². The first-order chi connectivity index (χ1) is 17.6. The van der Waals surface area contributed by atoms with E-state index in [1.807, 2.05) is 104 Å². The van der Waals surface area contributed by atoms with Gasteiger partial charge in [0.2, 0.25) is 5.88 Å². The zero-order chi connectivity index (χ0) is 24.9. The molecule has 6 nitrogen and oxygen atoms in total. The second-order valence-corrected chi connectivity index (χ2v) is 9.23. The third kappa shape index (κ3) is 5.34. The molecule has 0 bridgehead atoms. The molecule has 36 heavy (non-hydrogen) atoms. The molecule has 2 heterocycles. The van der Waals surface area contributed by atoms with Crippen LogP contribution in [0.3, 0.4) is 0 Å². The summed E-state index contributed by atoms with van der Waals surface area (Å²) in [5, 5.41) is 4.84. The molecule has 1 atom stereocenters. The van der Waals surface area contributed by atoms with E-state index in [1.54, 1.807) is 4.68 Å². The summed E-state index contributed by atoms with van der Waals surface area (Å²) < 4.78 is 14.1. The number of amides is 1. The van der Waals surface area contributed by atoms with E-state index in [9.17, 15) is 4.79 Å². The fraction of sp³-hybridized carbons (Fsp3) is 0.267. The van der Waals surface area contributed by atoms with E-state index >= 15 is 0 Å². The highest BCUT2D eigenvalue weighted by molar-refractivity contribution is 5.94. The number of benzene rings is 3. The SMILES string of the molecule is Cc1cccc(Oc2c(CN(C[C@H]3CCCO3)C(=O)c3ccccc3)c(-c3ccccc3)nn2C)c1. The summed E-state index contributed by atoms with van der Waals surface area (Å²) in [5.41, 5.74) is 4.42. The maximum Gasteiger partial charge on any atom is 0.254 e. The lowest BCUT2D eigenvalue weighted by atomic mass is 10.1. The molecule has 1 saturated heterocycles. The molecule has 6 heteroatoms. The zero-order valence-corrected chi connectivity index (χ0v) is 20.8. The molecule has 4 aromatic rings. The molecule has 1 aromatic heterocycles. The van der Waals surface area contributed by atoms with Crippen LogP contribution >= 0.6 is 0 Å². The fourth-order valence-electron chi connectivity index (χ4n) is 4.65. The number of carbonyl (C=O) groups is 1. The Morgan fingerprint density at radius 3 is 2.50 bits per heavy atom. The van der Waals surface area contributed by atoms with Crippen molar-refractivity contribution in [2.45, 2.75) is 32.4 Å². The van der Waals surface area contributed by atoms with Crippen molar-refractivity contribution in [1.29, 1.82) is 0 Å². The van der Waals surface area contributed by atoms with Crippen LogP contribution < -0.4 is 4.74 Å². The first-order valence-electron chi connectivity index (χ1n) is 12.4. The Bertz CT molecular complexity index is 1310. The number of aryl methyl sites for hydroxylation is 2. The van der Waals surface area contributed by atoms with Crippen molar-refractivity contribution in [3.8, 4) is 22.9 Å². The van der Waals surface area contributed by atoms with Gasteiger partial charge in [0.25, 0.3) is 5.91 Å². The highest BCUT2D eigenvalue weighted by Crippen LogP contribution is 2.35. The normalized spacial score (nSPS) is 15.1. The molecule has 184 valence electrons. The Kier molecular flexibility index (Phi) is 7.14. The maximum atomic E-state index is 13.7. The predicted octanol–water partition coefficient (Wildman–Crippen LogP) is 6.01. The van der Waals surface area contributed by atoms with Crippen LogP contribution in [0.15, 0.2) is 84.9 Å². The highest BCUT2D eigenvalue weighted by atomic mass is 16.5. The van der Waals surface area contributed by atoms with E-state index in [0.717, 1.165) is 47.6 Å². The summed E-state index contributed by atoms with van der Waals surface area (Å²) >= 11 is 0. The smallest absolute Gasteiger partial charge is 0.254 e. The van der Waals surface area contributed by atoms with Crippen LogP contribution in [0.1, 0.15) is 34.3 Å². The van der Waals surface area contributed by atoms with E-state index in [2.05, 4.69) is 0 Å². The van der Waals surface area contributed by atoms with Crippen LogP contribution in [0.25, 0.3) is 11.3 Å². The number of ether oxygens (including phenoxy) is 2. The third-order valence-corrected chi connectivity index (χ3v) is 6.44. The summed E-state index contributed by atoms with van der Waals surface area (Å²) in [6.45, 7) is 3.64. The van der Waals surface area contributed by atoms with Gasteiger partial charge in [-0.15, -0.1) is 0 Å². The van der Waals surface area contributed by atoms with Crippen LogP contribution in [0.2, 0.25) is 0 Å². The Morgan fingerprint density at radius 1 is 1.06 bits per heavy atom. The van der Waals surface area contributed by atoms with Gasteiger partial charge in [-0.3, -0.25) is 4.79 Å². The van der Waals surface area contributed by atoms with Crippen molar-refractivity contribution >= 4 is 5.91 Å². The Labute approximate surface area is 212 Å². The molecule has 3 aromatic carbocycles. The third-order valence-electron chi connectivity index (χ3n) is 6.44. The highest BCUT2D eigenvalue weighted by Gasteiger charge is 2.28. The van der Waals surface area contributed by atoms with Crippen molar-refractivity contribution < 1.29 is 14.3 Å². The van der Waals surface area contributed by atoms with Crippen molar-refractivity contribution in [2.24, 2.45) is 7.05 Å². The van der Waals surface area contributed by atoms with E-state index in [1.165, 1.54) is 0 Å². The van der Waals surface area contributed by atoms with Crippen molar-refractivity contribution in [1.82, 2.24) is 14.7 Å². The molecule has 0 spiro atoms. The molecular weight excluding hydrogens is 450 g/mol. The molecule has 0 unspecified atom stereocenters. The quantitative estimate of drug-likeness (QED) is 0.309. The van der Waals surface area contributed by atoms with Gasteiger partial charge in [-0.25, -0.2) is 4.68 Å². The molecule has 1 fully saturated rings. The molecular formula is C30H31N3O3. The standard InChI is InChI=1S/C30H31N3O3/c1-22-11-9-16-25(19-22)36-30-27(28(31-32(30)2)23-12-5-3-6-13-23)21-33(20-26-17-10-18-35-26)29(34)24-14-7-4-8-15-24/h3-9,11-16,19,26H,10,17-18,20-21H2,1-2H3/t26-/m1/s1. The summed E-state index contributed by atoms with van der Waals surface area (Å²) in [6, 6.07) is 27.4. The van der Waals surface area contributed by atoms with Crippen LogP contribution in [0, 0.1) is 6.92 Å². The molecule has 1 amide bonds. The molecule has 0 aliphatic carbocycles. The molecule has 0 radical (unpaired) electrons. The van der Waals surface area contributed by atoms with Crippen molar-refractivity contribution in [3.63, 3.8) is 0 Å². The van der Waals surface area contributed by atoms with Gasteiger partial charge in [0.1, 0.15) is 11.4 Å². The van der Waals surface area contributed by atoms with E-state index < -0.39 is 0 Å². The number of rotatable bonds is 8. The van der Waals surface area contributed by atoms with Gasteiger partial charge in [0, 0.05) is 31.3 Å². The summed E-state index contributed by atoms with van der Waals surface area (Å²) in [6.07, 6.45) is 1.99. The van der Waals surface area contributed by atoms with Gasteiger partial charge >= 0.3 is 0 Å². The topological polar surface area (TPSA) is 56.6 Å². The Hall–Kier alpha value is -3.90. The van der Waals surface area contributed by atoms with Gasteiger partial charge in [-0.1, -0.05) is 60.7 Å². The maximum absolute atomic E-state index is 13.7. The number of aromatic nitrogens is 2. The fourth-order valence-corrected chi connectivity index (χ4v) is 4.65. The monoisotopic (exact) mass is 481 g/mol. The van der Waals surface area contributed by atoms with Crippen LogP contribution in [0.5, 0.6) is 11.6 Å². The minimum atomic E-state index is -0.0320. The van der Waals surface area contributed by atoms with Gasteiger partial charge in [-0.2, -0.15) is 5.10 Å². The van der Waals surface area contributed by atoms with Crippen LogP contribution in [-0.4, -0.2) is 39.8 Å². The van der Waals surface area contributed by atoms with Crippen LogP contribution in [0.4, 0.5) is 0 Å². The average Bonchev–Trinajstić information content (AvgIpc) is 3.53. The van der Waals surface area contributed by atoms with Gasteiger partial charge in [-0.05, 0) is 49.6 Å². The lowest BCUT2D eigenvalue weighted by Gasteiger charge is -2.26. The van der Waals surface area contributed by atoms with Crippen LogP contribution in [-0.2, 0) is 18.3 Å². The summed E-state index contributed by atoms with van der Waals surface area (Å²) in [5.74, 6) is 1.33. The second-order valence-electron chi connectivity index (χ2n) is 9.23. The first-order valence-corrected chi connectivity index (χ1v) is 12.4. The minimum absolute atomic E-state index is 0.0238. The van der Waals surface area contributed by atoms with Crippen molar-refractivity contribution in [2.75, 3.05) is 13.2 Å². The molecule has 1 aliphatic heterocycles. The lowest BCUT2D eigenvalue weighted by Crippen LogP contribution is -2.37. The number of carbonyl (C=O) groups excluding carboxylic acids is 1. The van der Waals surface area contributed by atoms with Crippen molar-refractivity contribution in [3.05, 3.63) is 102 Å². The number of hydrogen-bond acceptors (Lipinski definition) is 4. The second kappa shape index (κ2) is 10.8. The summed E-state index contributed by atoms with van der Waals surface area (Å²) in [4.78, 5) is 15.6. The largest absolute Gasteiger partial charge is 0.439 e. The summed E-state index contributed by atoms with van der Waals surface area (Å²) in [7, 11) is 1.88. The van der Waals surface area contributed by atoms with Gasteiger partial charge in [0.15, 0.2) is 0 Å². The number of nitrogens with zero attached hydrogens (tertiary/aromatic N) is 3.